The molecule has 0 unspecified atom stereocenters. The quantitative estimate of drug-likeness (QED) is 0.586. The van der Waals surface area contributed by atoms with Crippen LogP contribution < -0.4 is 4.74 Å². The summed E-state index contributed by atoms with van der Waals surface area (Å²) in [5.74, 6) is -0.206. The molecule has 1 aromatic heterocycles. The van der Waals surface area contributed by atoms with E-state index in [1.165, 1.54) is 6.07 Å². The van der Waals surface area contributed by atoms with Crippen molar-refractivity contribution in [2.24, 2.45) is 0 Å². The summed E-state index contributed by atoms with van der Waals surface area (Å²) in [6.07, 6.45) is 1.83. The number of aromatic amines is 1. The molecule has 106 valence electrons. The Balaban J connectivity index is 1.75. The fourth-order valence-electron chi connectivity index (χ4n) is 2.08. The summed E-state index contributed by atoms with van der Waals surface area (Å²) >= 11 is 0. The first kappa shape index (κ1) is 13.1. The van der Waals surface area contributed by atoms with Crippen LogP contribution in [0.2, 0.25) is 0 Å². The van der Waals surface area contributed by atoms with E-state index in [1.807, 2.05) is 24.4 Å². The van der Waals surface area contributed by atoms with E-state index in [-0.39, 0.29) is 6.61 Å². The molecule has 1 N–H and O–H groups in total. The Hall–Kier alpha value is -2.89. The van der Waals surface area contributed by atoms with Gasteiger partial charge >= 0.3 is 5.69 Å². The molecular formula is C15H11FN2O3. The summed E-state index contributed by atoms with van der Waals surface area (Å²) in [4.78, 5) is 12.9. The third kappa shape index (κ3) is 2.69. The number of rotatable bonds is 4. The van der Waals surface area contributed by atoms with Gasteiger partial charge in [-0.15, -0.1) is 0 Å². The SMILES string of the molecule is O=[N+]([O-])c1ccc(COc2ccc3[nH]ccc3c2)cc1F. The van der Waals surface area contributed by atoms with E-state index in [9.17, 15) is 14.5 Å². The van der Waals surface area contributed by atoms with Gasteiger partial charge in [0, 0.05) is 23.2 Å². The molecule has 0 atom stereocenters. The molecule has 0 aliphatic rings. The molecule has 0 fully saturated rings. The molecule has 0 amide bonds. The first-order chi connectivity index (χ1) is 10.1. The minimum Gasteiger partial charge on any atom is -0.489 e. The number of aromatic nitrogens is 1. The molecule has 0 aliphatic carbocycles. The lowest BCUT2D eigenvalue weighted by Gasteiger charge is -2.06. The van der Waals surface area contributed by atoms with E-state index in [0.717, 1.165) is 23.0 Å². The van der Waals surface area contributed by atoms with Crippen molar-refractivity contribution in [2.45, 2.75) is 6.61 Å². The molecule has 0 bridgehead atoms. The van der Waals surface area contributed by atoms with E-state index in [4.69, 9.17) is 4.74 Å². The van der Waals surface area contributed by atoms with Gasteiger partial charge in [-0.05, 0) is 42.0 Å². The Morgan fingerprint density at radius 3 is 2.81 bits per heavy atom. The second kappa shape index (κ2) is 5.24. The molecule has 1 heterocycles. The van der Waals surface area contributed by atoms with Crippen LogP contribution in [0.1, 0.15) is 5.56 Å². The van der Waals surface area contributed by atoms with Crippen LogP contribution in [0.5, 0.6) is 5.75 Å². The third-order valence-corrected chi connectivity index (χ3v) is 3.14. The monoisotopic (exact) mass is 286 g/mol. The highest BCUT2D eigenvalue weighted by atomic mass is 19.1. The number of halogens is 1. The summed E-state index contributed by atoms with van der Waals surface area (Å²) in [7, 11) is 0. The van der Waals surface area contributed by atoms with Crippen molar-refractivity contribution in [2.75, 3.05) is 0 Å². The van der Waals surface area contributed by atoms with Gasteiger partial charge < -0.3 is 9.72 Å². The van der Waals surface area contributed by atoms with E-state index in [1.54, 1.807) is 6.07 Å². The largest absolute Gasteiger partial charge is 0.489 e. The van der Waals surface area contributed by atoms with Gasteiger partial charge in [0.1, 0.15) is 12.4 Å². The molecule has 6 heteroatoms. The van der Waals surface area contributed by atoms with Crippen molar-refractivity contribution in [3.63, 3.8) is 0 Å². The van der Waals surface area contributed by atoms with Gasteiger partial charge in [-0.1, -0.05) is 0 Å². The number of fused-ring (bicyclic) bond motifs is 1. The highest BCUT2D eigenvalue weighted by Gasteiger charge is 2.13. The molecule has 3 rings (SSSR count). The molecule has 0 saturated heterocycles. The van der Waals surface area contributed by atoms with Crippen molar-refractivity contribution in [3.05, 3.63) is 70.2 Å². The maximum atomic E-state index is 13.5. The molecule has 2 aromatic carbocycles. The van der Waals surface area contributed by atoms with Crippen LogP contribution in [0.4, 0.5) is 10.1 Å². The Labute approximate surface area is 119 Å². The Morgan fingerprint density at radius 2 is 2.05 bits per heavy atom. The number of benzene rings is 2. The lowest BCUT2D eigenvalue weighted by Crippen LogP contribution is -1.98. The average molecular weight is 286 g/mol. The van der Waals surface area contributed by atoms with Crippen LogP contribution >= 0.6 is 0 Å². The second-order valence-electron chi connectivity index (χ2n) is 4.56. The van der Waals surface area contributed by atoms with Crippen LogP contribution in [0.15, 0.2) is 48.7 Å². The van der Waals surface area contributed by atoms with E-state index >= 15 is 0 Å². The fourth-order valence-corrected chi connectivity index (χ4v) is 2.08. The highest BCUT2D eigenvalue weighted by Crippen LogP contribution is 2.22. The van der Waals surface area contributed by atoms with Crippen LogP contribution in [-0.2, 0) is 6.61 Å². The van der Waals surface area contributed by atoms with Crippen LogP contribution in [-0.4, -0.2) is 9.91 Å². The zero-order valence-electron chi connectivity index (χ0n) is 10.9. The lowest BCUT2D eigenvalue weighted by molar-refractivity contribution is -0.387. The maximum absolute atomic E-state index is 13.5. The van der Waals surface area contributed by atoms with Gasteiger partial charge in [0.15, 0.2) is 0 Å². The van der Waals surface area contributed by atoms with Gasteiger partial charge in [-0.3, -0.25) is 10.1 Å². The Morgan fingerprint density at radius 1 is 1.19 bits per heavy atom. The van der Waals surface area contributed by atoms with Crippen molar-refractivity contribution >= 4 is 16.6 Å². The number of H-pyrrole nitrogens is 1. The first-order valence-electron chi connectivity index (χ1n) is 6.26. The minimum absolute atomic E-state index is 0.144. The zero-order valence-corrected chi connectivity index (χ0v) is 10.9. The number of hydrogen-bond donors (Lipinski definition) is 1. The lowest BCUT2D eigenvalue weighted by atomic mass is 10.2. The summed E-state index contributed by atoms with van der Waals surface area (Å²) in [6, 6.07) is 11.2. The van der Waals surface area contributed by atoms with E-state index < -0.39 is 16.4 Å². The Bertz CT molecular complexity index is 814. The fraction of sp³-hybridized carbons (Fsp3) is 0.0667. The number of ether oxygens (including phenoxy) is 1. The molecular weight excluding hydrogens is 275 g/mol. The van der Waals surface area contributed by atoms with Crippen LogP contribution in [0.3, 0.4) is 0 Å². The van der Waals surface area contributed by atoms with E-state index in [2.05, 4.69) is 4.98 Å². The molecule has 0 radical (unpaired) electrons. The number of nitro benzene ring substituents is 1. The van der Waals surface area contributed by atoms with Gasteiger partial charge in [-0.2, -0.15) is 4.39 Å². The second-order valence-corrected chi connectivity index (χ2v) is 4.56. The normalized spacial score (nSPS) is 10.7. The summed E-state index contributed by atoms with van der Waals surface area (Å²) < 4.78 is 19.1. The number of hydrogen-bond acceptors (Lipinski definition) is 3. The van der Waals surface area contributed by atoms with Crippen molar-refractivity contribution in [1.29, 1.82) is 0 Å². The third-order valence-electron chi connectivity index (χ3n) is 3.14. The van der Waals surface area contributed by atoms with Gasteiger partial charge in [0.2, 0.25) is 5.82 Å². The number of nitrogens with one attached hydrogen (secondary N) is 1. The van der Waals surface area contributed by atoms with Gasteiger partial charge in [0.05, 0.1) is 4.92 Å². The molecule has 0 spiro atoms. The Kier molecular flexibility index (Phi) is 3.27. The van der Waals surface area contributed by atoms with Gasteiger partial charge in [-0.25, -0.2) is 0 Å². The molecule has 0 saturated carbocycles. The van der Waals surface area contributed by atoms with Crippen LogP contribution in [0.25, 0.3) is 10.9 Å². The summed E-state index contributed by atoms with van der Waals surface area (Å²) in [6.45, 7) is 0.144. The van der Waals surface area contributed by atoms with Crippen LogP contribution in [0, 0.1) is 15.9 Å². The maximum Gasteiger partial charge on any atom is 0.304 e. The predicted molar refractivity (Wildman–Crippen MR) is 75.7 cm³/mol. The first-order valence-corrected chi connectivity index (χ1v) is 6.26. The molecule has 5 nitrogen and oxygen atoms in total. The van der Waals surface area contributed by atoms with Crippen molar-refractivity contribution in [3.8, 4) is 5.75 Å². The number of nitrogens with zero attached hydrogens (tertiary/aromatic N) is 1. The highest BCUT2D eigenvalue weighted by molar-refractivity contribution is 5.80. The standard InChI is InChI=1S/C15H11FN2O3/c16-13-7-10(1-4-15(13)18(19)20)9-21-12-2-3-14-11(8-12)5-6-17-14/h1-8,17H,9H2. The average Bonchev–Trinajstić information content (AvgIpc) is 2.92. The number of nitro groups is 1. The topological polar surface area (TPSA) is 68.2 Å². The summed E-state index contributed by atoms with van der Waals surface area (Å²) in [5.41, 5.74) is 1.00. The van der Waals surface area contributed by atoms with E-state index in [0.29, 0.717) is 11.3 Å². The molecule has 3 aromatic rings. The minimum atomic E-state index is -0.859. The molecule has 0 aliphatic heterocycles. The van der Waals surface area contributed by atoms with Crippen molar-refractivity contribution in [1.82, 2.24) is 4.98 Å². The predicted octanol–water partition coefficient (Wildman–Crippen LogP) is 3.79. The smallest absolute Gasteiger partial charge is 0.304 e. The van der Waals surface area contributed by atoms with Gasteiger partial charge in [0.25, 0.3) is 0 Å². The molecule has 21 heavy (non-hydrogen) atoms. The van der Waals surface area contributed by atoms with Crippen molar-refractivity contribution < 1.29 is 14.1 Å². The zero-order chi connectivity index (χ0) is 14.8. The summed E-state index contributed by atoms with van der Waals surface area (Å²) in [5, 5.41) is 11.6.